The molecule has 0 bridgehead atoms. The molecule has 1 unspecified atom stereocenters. The Labute approximate surface area is 28.3 Å². The molecule has 4 heteroatoms. The van der Waals surface area contributed by atoms with E-state index in [0.29, 0.717) is 0 Å². The minimum Gasteiger partial charge on any atom is -1.00 e. The van der Waals surface area contributed by atoms with Crippen molar-refractivity contribution in [2.45, 2.75) is 0 Å². The van der Waals surface area contributed by atoms with Crippen LogP contribution in [0.5, 0.6) is 0 Å². The maximum Gasteiger partial charge on any atom is 1.00 e. The Kier molecular flexibility index (Phi) is 74100. The van der Waals surface area contributed by atoms with E-state index in [9.17, 15) is 0 Å². The molecule has 0 saturated heterocycles. The molecule has 0 rings (SSSR count). The van der Waals surface area contributed by atoms with Gasteiger partial charge in [-0.3, -0.25) is 4.70 Å². The third-order valence-corrected chi connectivity index (χ3v) is 0. The van der Waals surface area contributed by atoms with Gasteiger partial charge in [0.2, 0.25) is 0 Å². The molecule has 0 aromatic rings. The molecule has 0 aromatic heterocycles. The van der Waals surface area contributed by atoms with E-state index < -0.39 is 0 Å². The summed E-state index contributed by atoms with van der Waals surface area (Å²) in [6.45, 7) is 0. The lowest BCUT2D eigenvalue weighted by Gasteiger charge is -1.00. The molecule has 0 aromatic carbocycles. The lowest BCUT2D eigenvalue weighted by molar-refractivity contribution is -0.00100. The Morgan fingerprint density at radius 1 is 1.00 bits per heavy atom. The van der Waals surface area contributed by atoms with Crippen LogP contribution in [0.25, 0.3) is 0 Å². The molecule has 0 saturated carbocycles. The second-order valence-electron chi connectivity index (χ2n) is 0. The van der Waals surface area contributed by atoms with Gasteiger partial charge in [-0.25, -0.2) is 0 Å². The second kappa shape index (κ2) is 328. The van der Waals surface area contributed by atoms with Crippen molar-refractivity contribution in [2.75, 3.05) is 0 Å². The molecule has 0 radical (unpaired) electrons. The van der Waals surface area contributed by atoms with E-state index >= 15 is 0 Å². The summed E-state index contributed by atoms with van der Waals surface area (Å²) >= 11 is 0. The van der Waals surface area contributed by atoms with Gasteiger partial charge in [0.15, 0.2) is 0 Å². The highest BCUT2D eigenvalue weighted by molar-refractivity contribution is 6.92. The maximum absolute atomic E-state index is 0. The normalized spacial score (nSPS) is 0. The zero-order valence-electron chi connectivity index (χ0n) is 3.87. The SMILES string of the molecule is F.P.[F-].[F-].[H+].[H+]. The Bertz CT molecular complexity index is 8.75. The topological polar surface area (TPSA) is 0 Å². The lowest BCUT2D eigenvalue weighted by atomic mass is 19.0. The van der Waals surface area contributed by atoms with Crippen molar-refractivity contribution in [1.29, 1.82) is 0 Å². The smallest absolute Gasteiger partial charge is 1.00 e. The van der Waals surface area contributed by atoms with Gasteiger partial charge in [0, 0.05) is 0 Å². The van der Waals surface area contributed by atoms with Gasteiger partial charge in [0.05, 0.1) is 0 Å². The highest BCUT2D eigenvalue weighted by atomic mass is 31.0. The Morgan fingerprint density at radius 2 is 1.00 bits per heavy atom. The molecule has 4 heavy (non-hydrogen) atoms. The van der Waals surface area contributed by atoms with Crippen LogP contribution in [0.2, 0.25) is 0 Å². The fraction of sp³-hybridized carbons (Fsp3) is 0. The fourth-order valence-electron chi connectivity index (χ4n) is 0. The summed E-state index contributed by atoms with van der Waals surface area (Å²) in [7, 11) is 0. The summed E-state index contributed by atoms with van der Waals surface area (Å²) in [6.07, 6.45) is 0. The van der Waals surface area contributed by atoms with Crippen LogP contribution < -0.4 is 9.41 Å². The molecule has 0 aliphatic carbocycles. The first-order valence-electron chi connectivity index (χ1n) is 0. The monoisotopic (exact) mass is 94.0 g/mol. The minimum atomic E-state index is 0. The zero-order valence-corrected chi connectivity index (χ0v) is 3.29. The first kappa shape index (κ1) is 904. The van der Waals surface area contributed by atoms with Gasteiger partial charge >= 0.3 is 2.85 Å². The van der Waals surface area contributed by atoms with Gasteiger partial charge in [-0.15, -0.1) is 0 Å². The van der Waals surface area contributed by atoms with Crippen LogP contribution in [0.1, 0.15) is 2.85 Å². The van der Waals surface area contributed by atoms with E-state index in [4.69, 9.17) is 0 Å². The average molecular weight is 94.0 g/mol. The quantitative estimate of drug-likeness (QED) is 0.263. The Hall–Kier alpha value is 0.220. The third kappa shape index (κ3) is 68.3. The average Bonchev–Trinajstić information content (AvgIpc) is 0. The van der Waals surface area contributed by atoms with Crippen LogP contribution in [0.3, 0.4) is 0 Å². The molecule has 1 atom stereocenters. The highest BCUT2D eigenvalue weighted by Crippen LogP contribution is 0.861. The molecule has 0 aliphatic heterocycles. The van der Waals surface area contributed by atoms with Crippen molar-refractivity contribution in [3.05, 3.63) is 0 Å². The van der Waals surface area contributed by atoms with Crippen molar-refractivity contribution in [1.82, 2.24) is 0 Å². The van der Waals surface area contributed by atoms with Crippen molar-refractivity contribution in [3.63, 3.8) is 0 Å². The van der Waals surface area contributed by atoms with Crippen LogP contribution in [-0.2, 0) is 0 Å². The van der Waals surface area contributed by atoms with E-state index in [2.05, 4.69) is 0 Å². The molecule has 0 heterocycles. The van der Waals surface area contributed by atoms with Gasteiger partial charge in [-0.1, -0.05) is 0 Å². The predicted octanol–water partition coefficient (Wildman–Crippen LogP) is -5.56. The van der Waals surface area contributed by atoms with Crippen LogP contribution >= 0.6 is 9.90 Å². The molecular formula is H6F3P. The largest absolute Gasteiger partial charge is 1.00 e. The third-order valence-electron chi connectivity index (χ3n) is 0. The van der Waals surface area contributed by atoms with Crippen molar-refractivity contribution in [3.8, 4) is 0 Å². The van der Waals surface area contributed by atoms with Gasteiger partial charge < -0.3 is 9.41 Å². The summed E-state index contributed by atoms with van der Waals surface area (Å²) in [6, 6.07) is 0. The Balaban J connectivity index is 0. The summed E-state index contributed by atoms with van der Waals surface area (Å²) in [5.41, 5.74) is 0. The van der Waals surface area contributed by atoms with Crippen molar-refractivity contribution < 1.29 is 17.0 Å². The van der Waals surface area contributed by atoms with E-state index in [1.165, 1.54) is 0 Å². The van der Waals surface area contributed by atoms with Crippen LogP contribution in [-0.4, -0.2) is 0 Å². The van der Waals surface area contributed by atoms with E-state index in [-0.39, 0.29) is 26.9 Å². The van der Waals surface area contributed by atoms with Gasteiger partial charge in [0.25, 0.3) is 0 Å². The van der Waals surface area contributed by atoms with Crippen LogP contribution in [0, 0.1) is 0 Å². The van der Waals surface area contributed by atoms with Crippen LogP contribution in [0.4, 0.5) is 4.70 Å². The number of rotatable bonds is 0. The first-order valence-corrected chi connectivity index (χ1v) is 0. The van der Waals surface area contributed by atoms with Crippen LogP contribution in [0.15, 0.2) is 0 Å². The van der Waals surface area contributed by atoms with E-state index in [0.717, 1.165) is 0 Å². The molecule has 0 N–H and O–H groups in total. The molecule has 0 aliphatic rings. The standard InChI is InChI=1S/3FH.H3P/h3*1H;1H3. The van der Waals surface area contributed by atoms with Gasteiger partial charge in [-0.2, -0.15) is 9.90 Å². The highest BCUT2D eigenvalue weighted by Gasteiger charge is -0.153. The second-order valence-corrected chi connectivity index (χ2v) is 0. The van der Waals surface area contributed by atoms with Gasteiger partial charge in [-0.05, 0) is 0 Å². The number of hydrogen-bond donors (Lipinski definition) is 0. The molecule has 0 fully saturated rings. The molecule has 32 valence electrons. The number of halogens is 3. The molecule has 0 nitrogen and oxygen atoms in total. The molecule has 0 amide bonds. The summed E-state index contributed by atoms with van der Waals surface area (Å²) < 4.78 is 0. The first-order chi connectivity index (χ1) is 0. The summed E-state index contributed by atoms with van der Waals surface area (Å²) in [5.74, 6) is 0. The Morgan fingerprint density at radius 3 is 1.00 bits per heavy atom. The van der Waals surface area contributed by atoms with Gasteiger partial charge in [0.1, 0.15) is 0 Å². The van der Waals surface area contributed by atoms with E-state index in [1.54, 1.807) is 0 Å². The fourth-order valence-corrected chi connectivity index (χ4v) is 0. The van der Waals surface area contributed by atoms with Crippen molar-refractivity contribution >= 4 is 9.90 Å². The minimum absolute atomic E-state index is 0. The lowest BCUT2D eigenvalue weighted by Crippen LogP contribution is -3.00. The van der Waals surface area contributed by atoms with E-state index in [1.807, 2.05) is 0 Å². The predicted molar refractivity (Wildman–Crippen MR) is 15.8 cm³/mol. The summed E-state index contributed by atoms with van der Waals surface area (Å²) in [4.78, 5) is 0. The summed E-state index contributed by atoms with van der Waals surface area (Å²) in [5, 5.41) is 0. The molecule has 0 spiro atoms. The maximum atomic E-state index is 0. The van der Waals surface area contributed by atoms with Crippen molar-refractivity contribution in [2.24, 2.45) is 0 Å². The number of hydrogen-bond acceptors (Lipinski definition) is 0. The molecular weight excluding hydrogens is 88.0 g/mol. The zero-order chi connectivity index (χ0) is 0.